The van der Waals surface area contributed by atoms with Gasteiger partial charge in [-0.2, -0.15) is 0 Å². The van der Waals surface area contributed by atoms with Gasteiger partial charge in [-0.25, -0.2) is 4.98 Å². The Balaban J connectivity index is 2.36. The van der Waals surface area contributed by atoms with E-state index in [1.807, 2.05) is 13.0 Å². The first-order chi connectivity index (χ1) is 5.86. The summed E-state index contributed by atoms with van der Waals surface area (Å²) in [7, 11) is 0. The van der Waals surface area contributed by atoms with Crippen molar-refractivity contribution in [3.8, 4) is 11.6 Å². The average molecular weight is 165 g/mol. The third-order valence-electron chi connectivity index (χ3n) is 1.74. The molecule has 0 bridgehead atoms. The second-order valence-corrected chi connectivity index (χ2v) is 2.87. The number of pyridine rings is 1. The highest BCUT2D eigenvalue weighted by Gasteiger charge is 2.10. The molecule has 1 aromatic rings. The minimum absolute atomic E-state index is 0.623. The zero-order valence-corrected chi connectivity index (χ0v) is 7.04. The van der Waals surface area contributed by atoms with Crippen LogP contribution in [0, 0.1) is 6.92 Å². The smallest absolute Gasteiger partial charge is 0.256 e. The molecular weight excluding hydrogens is 154 g/mol. The molecule has 0 spiro atoms. The van der Waals surface area contributed by atoms with E-state index in [0.29, 0.717) is 12.5 Å². The molecule has 0 fully saturated rings. The summed E-state index contributed by atoms with van der Waals surface area (Å²) in [5.41, 5.74) is 1.10. The van der Waals surface area contributed by atoms with Gasteiger partial charge in [0.25, 0.3) is 5.88 Å². The summed E-state index contributed by atoms with van der Waals surface area (Å²) in [6.07, 6.45) is 2.71. The number of aryl methyl sites for hydroxylation is 1. The van der Waals surface area contributed by atoms with Crippen molar-refractivity contribution in [1.82, 2.24) is 4.98 Å². The Morgan fingerprint density at radius 2 is 2.17 bits per heavy atom. The maximum absolute atomic E-state index is 5.44. The average Bonchev–Trinajstić information content (AvgIpc) is 2.28. The highest BCUT2D eigenvalue weighted by Crippen LogP contribution is 2.26. The van der Waals surface area contributed by atoms with Crippen molar-refractivity contribution in [3.05, 3.63) is 17.8 Å². The fraction of sp³-hybridized carbons (Fsp3) is 0.444. The molecule has 0 aromatic carbocycles. The van der Waals surface area contributed by atoms with E-state index in [0.717, 1.165) is 24.3 Å². The number of hydrogen-bond donors (Lipinski definition) is 0. The largest absolute Gasteiger partial charge is 0.488 e. The minimum Gasteiger partial charge on any atom is -0.488 e. The molecule has 1 aromatic heterocycles. The normalized spacial score (nSPS) is 15.4. The second kappa shape index (κ2) is 3.01. The first kappa shape index (κ1) is 7.40. The first-order valence-corrected chi connectivity index (χ1v) is 4.08. The molecule has 3 nitrogen and oxygen atoms in total. The highest BCUT2D eigenvalue weighted by molar-refractivity contribution is 5.36. The van der Waals surface area contributed by atoms with E-state index >= 15 is 0 Å². The Labute approximate surface area is 71.3 Å². The molecule has 3 heteroatoms. The van der Waals surface area contributed by atoms with Crippen LogP contribution in [0.15, 0.2) is 12.3 Å². The molecule has 1 aliphatic rings. The lowest BCUT2D eigenvalue weighted by molar-refractivity contribution is 0.293. The van der Waals surface area contributed by atoms with Crippen molar-refractivity contribution in [1.29, 1.82) is 0 Å². The van der Waals surface area contributed by atoms with Gasteiger partial charge < -0.3 is 9.47 Å². The SMILES string of the molecule is Cc1cnc2c(c1)OCCCO2. The second-order valence-electron chi connectivity index (χ2n) is 2.87. The molecular formula is C9H11NO2. The lowest BCUT2D eigenvalue weighted by Gasteiger charge is -2.05. The predicted molar refractivity (Wildman–Crippen MR) is 44.6 cm³/mol. The van der Waals surface area contributed by atoms with Gasteiger partial charge in [-0.1, -0.05) is 0 Å². The van der Waals surface area contributed by atoms with Crippen molar-refractivity contribution in [2.75, 3.05) is 13.2 Å². The Morgan fingerprint density at radius 3 is 3.08 bits per heavy atom. The van der Waals surface area contributed by atoms with Crippen LogP contribution in [0.3, 0.4) is 0 Å². The van der Waals surface area contributed by atoms with E-state index in [-0.39, 0.29) is 0 Å². The van der Waals surface area contributed by atoms with Crippen LogP contribution in [0.1, 0.15) is 12.0 Å². The van der Waals surface area contributed by atoms with Crippen molar-refractivity contribution in [2.45, 2.75) is 13.3 Å². The van der Waals surface area contributed by atoms with E-state index in [1.165, 1.54) is 0 Å². The van der Waals surface area contributed by atoms with Crippen LogP contribution in [-0.4, -0.2) is 18.2 Å². The van der Waals surface area contributed by atoms with E-state index in [4.69, 9.17) is 9.47 Å². The van der Waals surface area contributed by atoms with Crippen LogP contribution in [0.25, 0.3) is 0 Å². The number of fused-ring (bicyclic) bond motifs is 1. The molecule has 12 heavy (non-hydrogen) atoms. The third kappa shape index (κ3) is 1.35. The van der Waals surface area contributed by atoms with Gasteiger partial charge in [-0.15, -0.1) is 0 Å². The quantitative estimate of drug-likeness (QED) is 0.584. The number of ether oxygens (including phenoxy) is 2. The lowest BCUT2D eigenvalue weighted by atomic mass is 10.3. The van der Waals surface area contributed by atoms with Crippen LogP contribution in [0.2, 0.25) is 0 Å². The van der Waals surface area contributed by atoms with Crippen LogP contribution in [0.5, 0.6) is 11.6 Å². The molecule has 2 heterocycles. The van der Waals surface area contributed by atoms with Crippen LogP contribution in [-0.2, 0) is 0 Å². The van der Waals surface area contributed by atoms with Gasteiger partial charge in [0.2, 0.25) is 0 Å². The molecule has 2 rings (SSSR count). The van der Waals surface area contributed by atoms with Gasteiger partial charge in [0.15, 0.2) is 5.75 Å². The zero-order valence-electron chi connectivity index (χ0n) is 7.04. The summed E-state index contributed by atoms with van der Waals surface area (Å²) < 4.78 is 10.8. The van der Waals surface area contributed by atoms with Crippen molar-refractivity contribution >= 4 is 0 Å². The molecule has 0 N–H and O–H groups in total. The number of aromatic nitrogens is 1. The number of nitrogens with zero attached hydrogens (tertiary/aromatic N) is 1. The van der Waals surface area contributed by atoms with Crippen molar-refractivity contribution < 1.29 is 9.47 Å². The van der Waals surface area contributed by atoms with Gasteiger partial charge in [0.05, 0.1) is 13.2 Å². The van der Waals surface area contributed by atoms with Crippen molar-refractivity contribution in [3.63, 3.8) is 0 Å². The maximum Gasteiger partial charge on any atom is 0.256 e. The fourth-order valence-electron chi connectivity index (χ4n) is 1.15. The van der Waals surface area contributed by atoms with Gasteiger partial charge >= 0.3 is 0 Å². The molecule has 0 saturated carbocycles. The zero-order chi connectivity index (χ0) is 8.39. The monoisotopic (exact) mass is 165 g/mol. The summed E-state index contributed by atoms with van der Waals surface area (Å²) in [6.45, 7) is 3.41. The molecule has 1 aliphatic heterocycles. The predicted octanol–water partition coefficient (Wildman–Crippen LogP) is 1.55. The van der Waals surface area contributed by atoms with E-state index < -0.39 is 0 Å². The van der Waals surface area contributed by atoms with E-state index in [9.17, 15) is 0 Å². The van der Waals surface area contributed by atoms with Gasteiger partial charge in [-0.3, -0.25) is 0 Å². The molecule has 64 valence electrons. The molecule has 0 atom stereocenters. The molecule has 0 aliphatic carbocycles. The molecule has 0 unspecified atom stereocenters. The summed E-state index contributed by atoms with van der Waals surface area (Å²) in [4.78, 5) is 4.13. The Bertz CT molecular complexity index is 286. The number of rotatable bonds is 0. The standard InChI is InChI=1S/C9H11NO2/c1-7-5-8-9(10-6-7)12-4-2-3-11-8/h5-6H,2-4H2,1H3. The Kier molecular flexibility index (Phi) is 1.86. The highest BCUT2D eigenvalue weighted by atomic mass is 16.5. The molecule has 0 amide bonds. The topological polar surface area (TPSA) is 31.4 Å². The van der Waals surface area contributed by atoms with Gasteiger partial charge in [-0.05, 0) is 18.6 Å². The maximum atomic E-state index is 5.44. The third-order valence-corrected chi connectivity index (χ3v) is 1.74. The summed E-state index contributed by atoms with van der Waals surface area (Å²) in [5.74, 6) is 1.39. The Morgan fingerprint density at radius 1 is 1.33 bits per heavy atom. The molecule has 0 saturated heterocycles. The van der Waals surface area contributed by atoms with E-state index in [2.05, 4.69) is 4.98 Å². The van der Waals surface area contributed by atoms with Crippen LogP contribution in [0.4, 0.5) is 0 Å². The summed E-state index contributed by atoms with van der Waals surface area (Å²) in [6, 6.07) is 1.95. The van der Waals surface area contributed by atoms with Gasteiger partial charge in [0, 0.05) is 12.6 Å². The molecule has 0 radical (unpaired) electrons. The Hall–Kier alpha value is -1.25. The number of hydrogen-bond acceptors (Lipinski definition) is 3. The van der Waals surface area contributed by atoms with Gasteiger partial charge in [0.1, 0.15) is 0 Å². The summed E-state index contributed by atoms with van der Waals surface area (Å²) in [5, 5.41) is 0. The first-order valence-electron chi connectivity index (χ1n) is 4.08. The summed E-state index contributed by atoms with van der Waals surface area (Å²) >= 11 is 0. The van der Waals surface area contributed by atoms with Crippen LogP contribution < -0.4 is 9.47 Å². The minimum atomic E-state index is 0.623. The van der Waals surface area contributed by atoms with E-state index in [1.54, 1.807) is 6.20 Å². The van der Waals surface area contributed by atoms with Crippen molar-refractivity contribution in [2.24, 2.45) is 0 Å². The lowest BCUT2D eigenvalue weighted by Crippen LogP contribution is -1.97. The fourth-order valence-corrected chi connectivity index (χ4v) is 1.15. The van der Waals surface area contributed by atoms with Crippen LogP contribution >= 0.6 is 0 Å².